The lowest BCUT2D eigenvalue weighted by Gasteiger charge is -2.28. The molecule has 1 N–H and O–H groups in total. The van der Waals surface area contributed by atoms with E-state index in [9.17, 15) is 0 Å². The topological polar surface area (TPSA) is 70.6 Å². The third-order valence-electron chi connectivity index (χ3n) is 4.57. The second kappa shape index (κ2) is 5.52. The molecule has 6 nitrogen and oxygen atoms in total. The van der Waals surface area contributed by atoms with Crippen molar-refractivity contribution in [1.29, 1.82) is 0 Å². The van der Waals surface area contributed by atoms with Gasteiger partial charge in [0.25, 0.3) is 0 Å². The summed E-state index contributed by atoms with van der Waals surface area (Å²) in [5, 5.41) is 14.1. The molecule has 2 aromatic rings. The molecule has 0 unspecified atom stereocenters. The van der Waals surface area contributed by atoms with Crippen LogP contribution in [0.15, 0.2) is 18.3 Å². The first-order valence-electron chi connectivity index (χ1n) is 7.84. The summed E-state index contributed by atoms with van der Waals surface area (Å²) in [6.45, 7) is 1.02. The van der Waals surface area contributed by atoms with E-state index in [2.05, 4.69) is 42.6 Å². The maximum absolute atomic E-state index is 4.34. The molecule has 2 saturated carbocycles. The summed E-state index contributed by atoms with van der Waals surface area (Å²) in [5.41, 5.74) is 2.09. The van der Waals surface area contributed by atoms with E-state index in [1.165, 1.54) is 44.1 Å². The molecule has 0 saturated heterocycles. The Kier molecular flexibility index (Phi) is 3.39. The zero-order valence-electron chi connectivity index (χ0n) is 12.1. The summed E-state index contributed by atoms with van der Waals surface area (Å²) >= 11 is 0. The highest BCUT2D eigenvalue weighted by molar-refractivity contribution is 5.48. The van der Waals surface area contributed by atoms with Gasteiger partial charge in [-0.3, -0.25) is 9.88 Å². The number of nitrogens with one attached hydrogen (secondary N) is 1. The third kappa shape index (κ3) is 2.81. The number of tetrazole rings is 1. The summed E-state index contributed by atoms with van der Waals surface area (Å²) in [6.07, 6.45) is 10.1. The van der Waals surface area contributed by atoms with E-state index in [1.807, 2.05) is 6.20 Å². The molecule has 110 valence electrons. The van der Waals surface area contributed by atoms with Gasteiger partial charge < -0.3 is 0 Å². The summed E-state index contributed by atoms with van der Waals surface area (Å²) in [7, 11) is 0. The first kappa shape index (κ1) is 12.9. The highest BCUT2D eigenvalue weighted by atomic mass is 15.5. The lowest BCUT2D eigenvalue weighted by Crippen LogP contribution is -2.34. The maximum Gasteiger partial charge on any atom is 0.222 e. The van der Waals surface area contributed by atoms with Crippen molar-refractivity contribution in [1.82, 2.24) is 30.5 Å². The third-order valence-corrected chi connectivity index (χ3v) is 4.57. The number of nitrogens with zero attached hydrogens (tertiary/aromatic N) is 5. The van der Waals surface area contributed by atoms with Crippen LogP contribution in [0.2, 0.25) is 0 Å². The molecule has 2 heterocycles. The second-order valence-corrected chi connectivity index (χ2v) is 6.13. The highest BCUT2D eigenvalue weighted by Gasteiger charge is 2.35. The highest BCUT2D eigenvalue weighted by Crippen LogP contribution is 2.35. The lowest BCUT2D eigenvalue weighted by molar-refractivity contribution is 0.179. The summed E-state index contributed by atoms with van der Waals surface area (Å²) in [6, 6.07) is 5.78. The maximum atomic E-state index is 4.34. The van der Waals surface area contributed by atoms with Gasteiger partial charge in [0.1, 0.15) is 5.69 Å². The van der Waals surface area contributed by atoms with E-state index in [0.717, 1.165) is 24.3 Å². The van der Waals surface area contributed by atoms with Crippen molar-refractivity contribution in [2.45, 2.75) is 57.2 Å². The Balaban J connectivity index is 1.54. The van der Waals surface area contributed by atoms with Crippen LogP contribution in [0.4, 0.5) is 0 Å². The van der Waals surface area contributed by atoms with Crippen LogP contribution in [0.1, 0.15) is 44.1 Å². The number of hydrogen-bond donors (Lipinski definition) is 1. The molecule has 0 aromatic carbocycles. The van der Waals surface area contributed by atoms with Gasteiger partial charge in [0.2, 0.25) is 5.82 Å². The Morgan fingerprint density at radius 3 is 2.67 bits per heavy atom. The largest absolute Gasteiger partial charge is 0.293 e. The Labute approximate surface area is 124 Å². The van der Waals surface area contributed by atoms with Crippen molar-refractivity contribution >= 4 is 0 Å². The fraction of sp³-hybridized carbons (Fsp3) is 0.600. The SMILES string of the molecule is c1cc(CN(C2CCCC2)C2CC2)cc(-c2nn[nH]n2)n1. The van der Waals surface area contributed by atoms with Gasteiger partial charge in [-0.2, -0.15) is 5.21 Å². The molecular weight excluding hydrogens is 264 g/mol. The van der Waals surface area contributed by atoms with Gasteiger partial charge >= 0.3 is 0 Å². The minimum atomic E-state index is 0.565. The molecule has 2 aromatic heterocycles. The molecule has 4 rings (SSSR count). The summed E-state index contributed by atoms with van der Waals surface area (Å²) in [5.74, 6) is 0.565. The molecule has 0 radical (unpaired) electrons. The van der Waals surface area contributed by atoms with Crippen molar-refractivity contribution in [3.05, 3.63) is 23.9 Å². The quantitative estimate of drug-likeness (QED) is 0.911. The molecule has 0 amide bonds. The van der Waals surface area contributed by atoms with Gasteiger partial charge in [0.15, 0.2) is 0 Å². The zero-order chi connectivity index (χ0) is 14.1. The van der Waals surface area contributed by atoms with Crippen molar-refractivity contribution in [2.75, 3.05) is 0 Å². The zero-order valence-corrected chi connectivity index (χ0v) is 12.1. The lowest BCUT2D eigenvalue weighted by atomic mass is 10.1. The van der Waals surface area contributed by atoms with Crippen LogP contribution in [0.5, 0.6) is 0 Å². The Morgan fingerprint density at radius 1 is 1.14 bits per heavy atom. The van der Waals surface area contributed by atoms with E-state index in [-0.39, 0.29) is 0 Å². The molecule has 0 aliphatic heterocycles. The van der Waals surface area contributed by atoms with Gasteiger partial charge in [-0.15, -0.1) is 10.2 Å². The summed E-state index contributed by atoms with van der Waals surface area (Å²) in [4.78, 5) is 7.05. The molecule has 0 spiro atoms. The van der Waals surface area contributed by atoms with E-state index in [1.54, 1.807) is 0 Å². The van der Waals surface area contributed by atoms with Crippen molar-refractivity contribution in [3.8, 4) is 11.5 Å². The van der Waals surface area contributed by atoms with Crippen LogP contribution < -0.4 is 0 Å². The fourth-order valence-corrected chi connectivity index (χ4v) is 3.37. The number of aromatic nitrogens is 5. The number of H-pyrrole nitrogens is 1. The van der Waals surface area contributed by atoms with Crippen molar-refractivity contribution in [2.24, 2.45) is 0 Å². The second-order valence-electron chi connectivity index (χ2n) is 6.13. The number of aromatic amines is 1. The molecule has 0 bridgehead atoms. The van der Waals surface area contributed by atoms with Crippen LogP contribution in [-0.4, -0.2) is 42.6 Å². The summed E-state index contributed by atoms with van der Waals surface area (Å²) < 4.78 is 0. The van der Waals surface area contributed by atoms with Gasteiger partial charge in [-0.05, 0) is 48.6 Å². The van der Waals surface area contributed by atoms with E-state index in [4.69, 9.17) is 0 Å². The number of pyridine rings is 1. The fourth-order valence-electron chi connectivity index (χ4n) is 3.37. The Morgan fingerprint density at radius 2 is 1.95 bits per heavy atom. The Hall–Kier alpha value is -1.82. The van der Waals surface area contributed by atoms with E-state index >= 15 is 0 Å². The average Bonchev–Trinajstić information content (AvgIpc) is 3.01. The molecule has 21 heavy (non-hydrogen) atoms. The van der Waals surface area contributed by atoms with Crippen LogP contribution in [0, 0.1) is 0 Å². The number of rotatable bonds is 5. The molecular formula is C15H20N6. The molecule has 2 fully saturated rings. The van der Waals surface area contributed by atoms with Gasteiger partial charge in [0, 0.05) is 24.8 Å². The van der Waals surface area contributed by atoms with Gasteiger partial charge in [-0.1, -0.05) is 12.8 Å². The average molecular weight is 284 g/mol. The minimum absolute atomic E-state index is 0.565. The van der Waals surface area contributed by atoms with Crippen LogP contribution in [0.3, 0.4) is 0 Å². The smallest absolute Gasteiger partial charge is 0.222 e. The van der Waals surface area contributed by atoms with Crippen LogP contribution in [0.25, 0.3) is 11.5 Å². The van der Waals surface area contributed by atoms with Gasteiger partial charge in [-0.25, -0.2) is 0 Å². The van der Waals surface area contributed by atoms with Crippen LogP contribution in [-0.2, 0) is 6.54 Å². The predicted octanol–water partition coefficient (Wildman–Crippen LogP) is 2.17. The first-order chi connectivity index (χ1) is 10.4. The predicted molar refractivity (Wildman–Crippen MR) is 78.2 cm³/mol. The molecule has 2 aliphatic rings. The van der Waals surface area contributed by atoms with Crippen molar-refractivity contribution in [3.63, 3.8) is 0 Å². The normalized spacial score (nSPS) is 19.5. The van der Waals surface area contributed by atoms with E-state index in [0.29, 0.717) is 5.82 Å². The first-order valence-corrected chi connectivity index (χ1v) is 7.84. The molecule has 6 heteroatoms. The van der Waals surface area contributed by atoms with Crippen LogP contribution >= 0.6 is 0 Å². The minimum Gasteiger partial charge on any atom is -0.293 e. The van der Waals surface area contributed by atoms with Crippen molar-refractivity contribution < 1.29 is 0 Å². The van der Waals surface area contributed by atoms with Gasteiger partial charge in [0.05, 0.1) is 0 Å². The standard InChI is InChI=1S/C15H20N6/c1-2-4-12(3-1)21(13-5-6-13)10-11-7-8-16-14(9-11)15-17-19-20-18-15/h7-9,12-13H,1-6,10H2,(H,17,18,19,20). The monoisotopic (exact) mass is 284 g/mol. The van der Waals surface area contributed by atoms with E-state index < -0.39 is 0 Å². The molecule has 0 atom stereocenters. The number of hydrogen-bond acceptors (Lipinski definition) is 5. The Bertz CT molecular complexity index is 586. The molecule has 2 aliphatic carbocycles.